The summed E-state index contributed by atoms with van der Waals surface area (Å²) in [5.74, 6) is -0.0292. The molecule has 0 aliphatic carbocycles. The largest absolute Gasteiger partial charge is 0.502 e. The Hall–Kier alpha value is -2.94. The summed E-state index contributed by atoms with van der Waals surface area (Å²) in [5.41, 5.74) is 3.07. The van der Waals surface area contributed by atoms with Crippen molar-refractivity contribution in [2.45, 2.75) is 26.2 Å². The van der Waals surface area contributed by atoms with Gasteiger partial charge in [0.05, 0.1) is 11.1 Å². The molecule has 0 unspecified atom stereocenters. The minimum absolute atomic E-state index is 0.0860. The van der Waals surface area contributed by atoms with Gasteiger partial charge in [0.2, 0.25) is 5.75 Å². The van der Waals surface area contributed by atoms with E-state index in [2.05, 4.69) is 40.3 Å². The summed E-state index contributed by atoms with van der Waals surface area (Å²) in [6.07, 6.45) is 2.16. The lowest BCUT2D eigenvalue weighted by Crippen LogP contribution is -2.24. The third-order valence-electron chi connectivity index (χ3n) is 4.11. The number of halogens is 1. The molecule has 0 aliphatic rings. The maximum atomic E-state index is 11.8. The fraction of sp³-hybridized carbons (Fsp3) is 0.263. The van der Waals surface area contributed by atoms with Gasteiger partial charge in [0.1, 0.15) is 5.75 Å². The van der Waals surface area contributed by atoms with E-state index >= 15 is 0 Å². The number of carbonyl (C=O) groups is 1. The van der Waals surface area contributed by atoms with Crippen molar-refractivity contribution >= 4 is 33.7 Å². The van der Waals surface area contributed by atoms with Crippen molar-refractivity contribution < 1.29 is 19.6 Å². The van der Waals surface area contributed by atoms with E-state index in [9.17, 15) is 20.0 Å². The normalized spacial score (nSPS) is 12.0. The van der Waals surface area contributed by atoms with Gasteiger partial charge >= 0.3 is 5.69 Å². The van der Waals surface area contributed by atoms with Crippen LogP contribution in [0.15, 0.2) is 46.0 Å². The smallest absolute Gasteiger partial charge is 0.312 e. The van der Waals surface area contributed by atoms with Crippen molar-refractivity contribution in [3.8, 4) is 11.5 Å². The van der Waals surface area contributed by atoms with Crippen molar-refractivity contribution in [1.29, 1.82) is 0 Å². The van der Waals surface area contributed by atoms with Gasteiger partial charge in [-0.2, -0.15) is 5.10 Å². The van der Waals surface area contributed by atoms with Gasteiger partial charge in [-0.25, -0.2) is 5.43 Å². The Balaban J connectivity index is 1.91. The average Bonchev–Trinajstić information content (AvgIpc) is 2.68. The summed E-state index contributed by atoms with van der Waals surface area (Å²) >= 11 is 3.12. The first kappa shape index (κ1) is 21.4. The number of phenolic OH excluding ortho intramolecular Hbond substituents is 1. The monoisotopic (exact) mass is 449 g/mol. The summed E-state index contributed by atoms with van der Waals surface area (Å²) in [6.45, 7) is 4.01. The highest BCUT2D eigenvalue weighted by Gasteiger charge is 2.17. The molecule has 8 nitrogen and oxygen atoms in total. The molecule has 9 heteroatoms. The van der Waals surface area contributed by atoms with E-state index < -0.39 is 22.3 Å². The number of carbonyl (C=O) groups excluding carboxylic acids is 1. The van der Waals surface area contributed by atoms with E-state index in [4.69, 9.17) is 4.74 Å². The van der Waals surface area contributed by atoms with Crippen LogP contribution in [0, 0.1) is 10.1 Å². The summed E-state index contributed by atoms with van der Waals surface area (Å²) in [7, 11) is 0. The predicted molar refractivity (Wildman–Crippen MR) is 109 cm³/mol. The number of phenols is 1. The number of nitrogens with zero attached hydrogens (tertiary/aromatic N) is 2. The van der Waals surface area contributed by atoms with Gasteiger partial charge in [0, 0.05) is 16.1 Å². The van der Waals surface area contributed by atoms with E-state index in [1.165, 1.54) is 17.7 Å². The number of nitro groups is 1. The highest BCUT2D eigenvalue weighted by Crippen LogP contribution is 2.32. The van der Waals surface area contributed by atoms with Gasteiger partial charge in [-0.3, -0.25) is 14.9 Å². The lowest BCUT2D eigenvalue weighted by atomic mass is 9.99. The molecule has 0 aliphatic heterocycles. The molecular formula is C19H20BrN3O5. The zero-order chi connectivity index (χ0) is 20.7. The highest BCUT2D eigenvalue weighted by molar-refractivity contribution is 9.10. The van der Waals surface area contributed by atoms with Crippen LogP contribution >= 0.6 is 15.9 Å². The van der Waals surface area contributed by atoms with E-state index in [-0.39, 0.29) is 12.2 Å². The fourth-order valence-electron chi connectivity index (χ4n) is 2.33. The van der Waals surface area contributed by atoms with Crippen molar-refractivity contribution in [2.75, 3.05) is 6.61 Å². The third-order valence-corrected chi connectivity index (χ3v) is 4.56. The Morgan fingerprint density at radius 2 is 2.07 bits per heavy atom. The Kier molecular flexibility index (Phi) is 7.51. The molecule has 2 rings (SSSR count). The minimum atomic E-state index is -0.712. The maximum Gasteiger partial charge on any atom is 0.312 e. The molecule has 0 saturated heterocycles. The predicted octanol–water partition coefficient (Wildman–Crippen LogP) is 4.11. The quantitative estimate of drug-likeness (QED) is 0.357. The van der Waals surface area contributed by atoms with E-state index in [0.29, 0.717) is 16.1 Å². The molecule has 2 N–H and O–H groups in total. The molecule has 148 valence electrons. The lowest BCUT2D eigenvalue weighted by Gasteiger charge is -2.10. The number of ether oxygens (including phenoxy) is 1. The summed E-state index contributed by atoms with van der Waals surface area (Å²) in [6, 6.07) is 10.1. The second-order valence-electron chi connectivity index (χ2n) is 6.08. The standard InChI is InChI=1S/C19H20BrN3O5/c1-3-12(2)13-4-6-16(7-5-13)28-11-18(24)22-21-10-14-8-15(20)9-17(19(14)25)23(26)27/h4-10,12,25H,3,11H2,1-2H3,(H,22,24)/b21-10+/t12-/m1/s1. The molecule has 0 spiro atoms. The first-order valence-corrected chi connectivity index (χ1v) is 9.32. The van der Waals surface area contributed by atoms with Crippen LogP contribution in [0.3, 0.4) is 0 Å². The van der Waals surface area contributed by atoms with Crippen molar-refractivity contribution in [1.82, 2.24) is 5.43 Å². The molecule has 0 bridgehead atoms. The van der Waals surface area contributed by atoms with Crippen LogP contribution < -0.4 is 10.2 Å². The number of benzene rings is 2. The molecule has 2 aromatic carbocycles. The molecule has 0 saturated carbocycles. The Morgan fingerprint density at radius 3 is 2.68 bits per heavy atom. The van der Waals surface area contributed by atoms with E-state index in [1.54, 1.807) is 12.1 Å². The van der Waals surface area contributed by atoms with Gasteiger partial charge in [-0.1, -0.05) is 41.9 Å². The van der Waals surface area contributed by atoms with Crippen LogP contribution in [-0.4, -0.2) is 28.8 Å². The van der Waals surface area contributed by atoms with Crippen molar-refractivity contribution in [2.24, 2.45) is 5.10 Å². The number of hydrazone groups is 1. The number of hydrogen-bond donors (Lipinski definition) is 2. The van der Waals surface area contributed by atoms with Crippen LogP contribution in [0.5, 0.6) is 11.5 Å². The van der Waals surface area contributed by atoms with Crippen LogP contribution in [0.1, 0.15) is 37.3 Å². The SMILES string of the molecule is CC[C@@H](C)c1ccc(OCC(=O)N/N=C/c2cc(Br)cc([N+](=O)[O-])c2O)cc1. The van der Waals surface area contributed by atoms with Gasteiger partial charge < -0.3 is 9.84 Å². The molecular weight excluding hydrogens is 430 g/mol. The maximum absolute atomic E-state index is 11.8. The first-order valence-electron chi connectivity index (χ1n) is 8.53. The molecule has 0 fully saturated rings. The molecule has 0 radical (unpaired) electrons. The topological polar surface area (TPSA) is 114 Å². The zero-order valence-corrected chi connectivity index (χ0v) is 17.0. The van der Waals surface area contributed by atoms with E-state index in [1.807, 2.05) is 12.1 Å². The average molecular weight is 450 g/mol. The fourth-order valence-corrected chi connectivity index (χ4v) is 2.79. The number of nitrogens with one attached hydrogen (secondary N) is 1. The van der Waals surface area contributed by atoms with Crippen molar-refractivity contribution in [3.05, 3.63) is 62.1 Å². The van der Waals surface area contributed by atoms with Gasteiger partial charge in [0.15, 0.2) is 6.61 Å². The number of amides is 1. The molecule has 2 aromatic rings. The number of nitro benzene ring substituents is 1. The second kappa shape index (κ2) is 9.84. The number of hydrogen-bond acceptors (Lipinski definition) is 6. The van der Waals surface area contributed by atoms with Gasteiger partial charge in [-0.05, 0) is 36.1 Å². The summed E-state index contributed by atoms with van der Waals surface area (Å²) in [4.78, 5) is 22.0. The van der Waals surface area contributed by atoms with Gasteiger partial charge in [0.25, 0.3) is 5.91 Å². The molecule has 28 heavy (non-hydrogen) atoms. The van der Waals surface area contributed by atoms with Gasteiger partial charge in [-0.15, -0.1) is 0 Å². The van der Waals surface area contributed by atoms with Crippen molar-refractivity contribution in [3.63, 3.8) is 0 Å². The summed E-state index contributed by atoms with van der Waals surface area (Å²) < 4.78 is 5.80. The van der Waals surface area contributed by atoms with Crippen LogP contribution in [0.25, 0.3) is 0 Å². The summed E-state index contributed by atoms with van der Waals surface area (Å²) in [5, 5.41) is 24.5. The minimum Gasteiger partial charge on any atom is -0.502 e. The third kappa shape index (κ3) is 5.78. The number of rotatable bonds is 8. The van der Waals surface area contributed by atoms with Crippen LogP contribution in [-0.2, 0) is 4.79 Å². The lowest BCUT2D eigenvalue weighted by molar-refractivity contribution is -0.385. The Labute approximate surface area is 170 Å². The zero-order valence-electron chi connectivity index (χ0n) is 15.4. The van der Waals surface area contributed by atoms with E-state index in [0.717, 1.165) is 12.6 Å². The molecule has 1 atom stereocenters. The molecule has 0 aromatic heterocycles. The molecule has 0 heterocycles. The first-order chi connectivity index (χ1) is 13.3. The highest BCUT2D eigenvalue weighted by atomic mass is 79.9. The second-order valence-corrected chi connectivity index (χ2v) is 7.00. The Morgan fingerprint density at radius 1 is 1.39 bits per heavy atom. The Bertz CT molecular complexity index is 884. The number of aromatic hydroxyl groups is 1. The molecule has 1 amide bonds. The van der Waals surface area contributed by atoms with Crippen LogP contribution in [0.2, 0.25) is 0 Å². The van der Waals surface area contributed by atoms with Crippen LogP contribution in [0.4, 0.5) is 5.69 Å².